The molecular weight excluding hydrogens is 336 g/mol. The molecular formula is C19H21ClN4O. The summed E-state index contributed by atoms with van der Waals surface area (Å²) < 4.78 is 7.67. The van der Waals surface area contributed by atoms with Crippen LogP contribution in [0.4, 0.5) is 11.5 Å². The minimum Gasteiger partial charge on any atom is -0.489 e. The number of halogens is 1. The van der Waals surface area contributed by atoms with E-state index in [4.69, 9.17) is 16.3 Å². The third kappa shape index (κ3) is 3.82. The van der Waals surface area contributed by atoms with Gasteiger partial charge in [0.1, 0.15) is 17.1 Å². The molecule has 2 heterocycles. The second-order valence-corrected chi connectivity index (χ2v) is 6.82. The fourth-order valence-electron chi connectivity index (χ4n) is 2.51. The fraction of sp³-hybridized carbons (Fsp3) is 0.316. The Hall–Kier alpha value is -2.40. The largest absolute Gasteiger partial charge is 0.489 e. The van der Waals surface area contributed by atoms with Crippen molar-refractivity contribution in [1.29, 1.82) is 0 Å². The van der Waals surface area contributed by atoms with Crippen LogP contribution in [0.15, 0.2) is 52.8 Å². The van der Waals surface area contributed by atoms with Crippen molar-refractivity contribution in [1.82, 2.24) is 9.38 Å². The molecule has 0 unspecified atom stereocenters. The molecule has 0 bridgehead atoms. The molecule has 0 fully saturated rings. The summed E-state index contributed by atoms with van der Waals surface area (Å²) in [6.07, 6.45) is 1.87. The van der Waals surface area contributed by atoms with E-state index in [-0.39, 0.29) is 12.0 Å². The number of ether oxygens (including phenoxy) is 1. The number of nitrogens with zero attached hydrogens (tertiary/aromatic N) is 4. The third-order valence-corrected chi connectivity index (χ3v) is 3.83. The van der Waals surface area contributed by atoms with Gasteiger partial charge in [-0.15, -0.1) is 10.2 Å². The van der Waals surface area contributed by atoms with Crippen molar-refractivity contribution in [3.63, 3.8) is 0 Å². The summed E-state index contributed by atoms with van der Waals surface area (Å²) >= 11 is 6.14. The second kappa shape index (κ2) is 7.23. The highest BCUT2D eigenvalue weighted by atomic mass is 35.5. The average Bonchev–Trinajstić information content (AvgIpc) is 2.91. The Morgan fingerprint density at radius 3 is 2.52 bits per heavy atom. The number of benzene rings is 1. The van der Waals surface area contributed by atoms with Gasteiger partial charge in [-0.3, -0.25) is 4.40 Å². The molecule has 0 aliphatic heterocycles. The van der Waals surface area contributed by atoms with Crippen molar-refractivity contribution >= 4 is 28.8 Å². The Morgan fingerprint density at radius 2 is 1.80 bits per heavy atom. The van der Waals surface area contributed by atoms with Crippen LogP contribution >= 0.6 is 11.6 Å². The topological polar surface area (TPSA) is 51.2 Å². The summed E-state index contributed by atoms with van der Waals surface area (Å²) in [4.78, 5) is 4.66. The van der Waals surface area contributed by atoms with Gasteiger partial charge in [-0.25, -0.2) is 4.98 Å². The predicted molar refractivity (Wildman–Crippen MR) is 101 cm³/mol. The Kier molecular flexibility index (Phi) is 5.04. The van der Waals surface area contributed by atoms with E-state index < -0.39 is 0 Å². The minimum absolute atomic E-state index is 0.0668. The highest BCUT2D eigenvalue weighted by molar-refractivity contribution is 6.30. The number of pyridine rings is 1. The van der Waals surface area contributed by atoms with Gasteiger partial charge in [-0.05, 0) is 44.0 Å². The lowest BCUT2D eigenvalue weighted by atomic mass is 10.1. The molecule has 0 amide bonds. The van der Waals surface area contributed by atoms with Gasteiger partial charge in [0.05, 0.1) is 16.8 Å². The van der Waals surface area contributed by atoms with Crippen LogP contribution in [0.25, 0.3) is 5.65 Å². The summed E-state index contributed by atoms with van der Waals surface area (Å²) in [5.41, 5.74) is 2.37. The number of rotatable bonds is 5. The molecule has 0 aliphatic rings. The fourth-order valence-corrected chi connectivity index (χ4v) is 2.67. The van der Waals surface area contributed by atoms with Crippen molar-refractivity contribution in [2.75, 3.05) is 0 Å². The van der Waals surface area contributed by atoms with Gasteiger partial charge in [0.25, 0.3) is 0 Å². The van der Waals surface area contributed by atoms with Crippen LogP contribution in [0.5, 0.6) is 5.75 Å². The molecule has 130 valence electrons. The molecule has 1 aromatic carbocycles. The van der Waals surface area contributed by atoms with Crippen LogP contribution in [0.3, 0.4) is 0 Å². The SMILES string of the molecule is CC(C)Oc1ccccc1N=Nc1c(C(C)C)nc2ccc(Cl)cn12. The van der Waals surface area contributed by atoms with E-state index in [2.05, 4.69) is 29.1 Å². The number of azo groups is 1. The molecule has 0 aliphatic carbocycles. The number of hydrogen-bond donors (Lipinski definition) is 0. The molecule has 25 heavy (non-hydrogen) atoms. The number of hydrogen-bond acceptors (Lipinski definition) is 4. The third-order valence-electron chi connectivity index (χ3n) is 3.61. The highest BCUT2D eigenvalue weighted by Gasteiger charge is 2.15. The van der Waals surface area contributed by atoms with Gasteiger partial charge >= 0.3 is 0 Å². The van der Waals surface area contributed by atoms with Gasteiger partial charge in [-0.1, -0.05) is 37.6 Å². The number of imidazole rings is 1. The molecule has 5 nitrogen and oxygen atoms in total. The summed E-state index contributed by atoms with van der Waals surface area (Å²) in [6.45, 7) is 8.13. The summed E-state index contributed by atoms with van der Waals surface area (Å²) in [5, 5.41) is 9.53. The van der Waals surface area contributed by atoms with E-state index in [1.807, 2.05) is 54.6 Å². The van der Waals surface area contributed by atoms with Crippen molar-refractivity contribution in [2.24, 2.45) is 10.2 Å². The summed E-state index contributed by atoms with van der Waals surface area (Å²) in [7, 11) is 0. The quantitative estimate of drug-likeness (QED) is 0.502. The van der Waals surface area contributed by atoms with E-state index in [0.29, 0.717) is 22.3 Å². The molecule has 6 heteroatoms. The van der Waals surface area contributed by atoms with Crippen LogP contribution in [-0.2, 0) is 0 Å². The van der Waals surface area contributed by atoms with Crippen LogP contribution in [-0.4, -0.2) is 15.5 Å². The van der Waals surface area contributed by atoms with Gasteiger partial charge in [-0.2, -0.15) is 0 Å². The predicted octanol–water partition coefficient (Wildman–Crippen LogP) is 6.31. The number of para-hydroxylation sites is 1. The Bertz CT molecular complexity index is 915. The first-order valence-electron chi connectivity index (χ1n) is 8.30. The Morgan fingerprint density at radius 1 is 1.04 bits per heavy atom. The molecule has 0 N–H and O–H groups in total. The maximum absolute atomic E-state index is 6.14. The van der Waals surface area contributed by atoms with E-state index in [1.165, 1.54) is 0 Å². The van der Waals surface area contributed by atoms with Gasteiger partial charge < -0.3 is 4.74 Å². The van der Waals surface area contributed by atoms with Crippen LogP contribution in [0.1, 0.15) is 39.3 Å². The monoisotopic (exact) mass is 356 g/mol. The first-order chi connectivity index (χ1) is 12.0. The first kappa shape index (κ1) is 17.4. The van der Waals surface area contributed by atoms with E-state index >= 15 is 0 Å². The molecule has 0 saturated carbocycles. The Balaban J connectivity index is 2.07. The number of aromatic nitrogens is 2. The maximum Gasteiger partial charge on any atom is 0.183 e. The Labute approximate surface area is 152 Å². The van der Waals surface area contributed by atoms with Crippen molar-refractivity contribution < 1.29 is 4.74 Å². The smallest absolute Gasteiger partial charge is 0.183 e. The zero-order chi connectivity index (χ0) is 18.0. The lowest BCUT2D eigenvalue weighted by molar-refractivity contribution is 0.243. The molecule has 3 rings (SSSR count). The first-order valence-corrected chi connectivity index (χ1v) is 8.68. The summed E-state index contributed by atoms with van der Waals surface area (Å²) in [5.74, 6) is 1.61. The normalized spacial score (nSPS) is 12.0. The van der Waals surface area contributed by atoms with Crippen molar-refractivity contribution in [3.05, 3.63) is 53.3 Å². The highest BCUT2D eigenvalue weighted by Crippen LogP contribution is 2.33. The van der Waals surface area contributed by atoms with Gasteiger partial charge in [0, 0.05) is 6.20 Å². The summed E-state index contributed by atoms with van der Waals surface area (Å²) in [6, 6.07) is 11.3. The van der Waals surface area contributed by atoms with Crippen molar-refractivity contribution in [3.8, 4) is 5.75 Å². The maximum atomic E-state index is 6.14. The van der Waals surface area contributed by atoms with Gasteiger partial charge in [0.2, 0.25) is 0 Å². The lowest BCUT2D eigenvalue weighted by Gasteiger charge is -2.11. The van der Waals surface area contributed by atoms with Crippen LogP contribution in [0, 0.1) is 0 Å². The van der Waals surface area contributed by atoms with Gasteiger partial charge in [0.15, 0.2) is 5.82 Å². The lowest BCUT2D eigenvalue weighted by Crippen LogP contribution is -2.05. The van der Waals surface area contributed by atoms with E-state index in [1.54, 1.807) is 6.20 Å². The zero-order valence-corrected chi connectivity index (χ0v) is 15.5. The standard InChI is InChI=1S/C19H21ClN4O/c1-12(2)18-19(24-11-14(20)9-10-17(24)21-18)23-22-15-7-5-6-8-16(15)25-13(3)4/h5-13H,1-4H3. The second-order valence-electron chi connectivity index (χ2n) is 6.39. The average molecular weight is 357 g/mol. The molecule has 0 saturated heterocycles. The van der Waals surface area contributed by atoms with E-state index in [9.17, 15) is 0 Å². The zero-order valence-electron chi connectivity index (χ0n) is 14.8. The molecule has 0 radical (unpaired) electrons. The molecule has 3 aromatic rings. The molecule has 0 atom stereocenters. The minimum atomic E-state index is 0.0668. The molecule has 0 spiro atoms. The number of fused-ring (bicyclic) bond motifs is 1. The van der Waals surface area contributed by atoms with Crippen LogP contribution in [0.2, 0.25) is 5.02 Å². The van der Waals surface area contributed by atoms with E-state index in [0.717, 1.165) is 11.3 Å². The van der Waals surface area contributed by atoms with Crippen LogP contribution < -0.4 is 4.74 Å². The molecule has 2 aromatic heterocycles. The van der Waals surface area contributed by atoms with Crippen molar-refractivity contribution in [2.45, 2.75) is 39.7 Å².